The van der Waals surface area contributed by atoms with Gasteiger partial charge in [-0.1, -0.05) is 12.2 Å². The number of nitrogens with one attached hydrogen (secondary N) is 1. The molecule has 88 valence electrons. The molecule has 2 aliphatic rings. The molecule has 2 atom stereocenters. The molecule has 5 nitrogen and oxygen atoms in total. The van der Waals surface area contributed by atoms with E-state index in [9.17, 15) is 4.79 Å². The van der Waals surface area contributed by atoms with Crippen LogP contribution in [0.2, 0.25) is 0 Å². The number of nitrogens with two attached hydrogens (primary N) is 1. The van der Waals surface area contributed by atoms with Crippen molar-refractivity contribution in [2.45, 2.75) is 25.0 Å². The van der Waals surface area contributed by atoms with E-state index in [1.54, 1.807) is 13.1 Å². The number of carbonyl (C=O) groups excluding carboxylic acids is 1. The highest BCUT2D eigenvalue weighted by atomic mass is 16.5. The van der Waals surface area contributed by atoms with Crippen LogP contribution in [0.1, 0.15) is 12.8 Å². The fourth-order valence-electron chi connectivity index (χ4n) is 2.10. The van der Waals surface area contributed by atoms with E-state index in [-0.39, 0.29) is 18.1 Å². The van der Waals surface area contributed by atoms with Gasteiger partial charge in [0.25, 0.3) is 5.91 Å². The maximum Gasteiger partial charge on any atom is 0.268 e. The van der Waals surface area contributed by atoms with E-state index in [4.69, 9.17) is 10.6 Å². The van der Waals surface area contributed by atoms with Crippen molar-refractivity contribution in [1.82, 2.24) is 10.3 Å². The molecule has 0 spiro atoms. The zero-order valence-corrected chi connectivity index (χ0v) is 9.35. The summed E-state index contributed by atoms with van der Waals surface area (Å²) in [4.78, 5) is 11.6. The minimum atomic E-state index is -0.171. The smallest absolute Gasteiger partial charge is 0.268 e. The van der Waals surface area contributed by atoms with Gasteiger partial charge in [0.2, 0.25) is 0 Å². The fraction of sp³-hybridized carbons (Fsp3) is 0.545. The van der Waals surface area contributed by atoms with Crippen molar-refractivity contribution in [2.24, 2.45) is 5.84 Å². The molecule has 0 aromatic rings. The lowest BCUT2D eigenvalue weighted by molar-refractivity contribution is -0.119. The van der Waals surface area contributed by atoms with Crippen molar-refractivity contribution in [3.8, 4) is 0 Å². The molecule has 0 aromatic heterocycles. The van der Waals surface area contributed by atoms with E-state index in [1.165, 1.54) is 5.01 Å². The molecule has 3 N–H and O–H groups in total. The van der Waals surface area contributed by atoms with Crippen LogP contribution < -0.4 is 11.2 Å². The Hall–Kier alpha value is -1.33. The minimum absolute atomic E-state index is 0.0419. The van der Waals surface area contributed by atoms with Crippen molar-refractivity contribution in [1.29, 1.82) is 0 Å². The van der Waals surface area contributed by atoms with Gasteiger partial charge in [0.05, 0.1) is 12.1 Å². The van der Waals surface area contributed by atoms with E-state index in [2.05, 4.69) is 5.32 Å². The van der Waals surface area contributed by atoms with Gasteiger partial charge in [-0.2, -0.15) is 0 Å². The third-order valence-electron chi connectivity index (χ3n) is 2.97. The first-order valence-corrected chi connectivity index (χ1v) is 5.50. The van der Waals surface area contributed by atoms with Crippen molar-refractivity contribution in [3.05, 3.63) is 23.9 Å². The molecule has 2 rings (SSSR count). The van der Waals surface area contributed by atoms with Gasteiger partial charge in [0.1, 0.15) is 5.70 Å². The maximum atomic E-state index is 11.6. The minimum Gasteiger partial charge on any atom is -0.376 e. The number of hydrogen-bond acceptors (Lipinski definition) is 4. The highest BCUT2D eigenvalue weighted by molar-refractivity contribution is 5.93. The Bertz CT molecular complexity index is 332. The number of likely N-dealkylation sites (N-methyl/N-ethyl adjacent to an activating group) is 1. The third kappa shape index (κ3) is 1.96. The summed E-state index contributed by atoms with van der Waals surface area (Å²) in [6.45, 7) is 0.780. The Labute approximate surface area is 94.9 Å². The molecule has 0 bridgehead atoms. The summed E-state index contributed by atoms with van der Waals surface area (Å²) in [6.07, 6.45) is 7.69. The molecule has 1 amide bonds. The highest BCUT2D eigenvalue weighted by Gasteiger charge is 2.31. The van der Waals surface area contributed by atoms with Crippen LogP contribution in [0.5, 0.6) is 0 Å². The van der Waals surface area contributed by atoms with Crippen molar-refractivity contribution >= 4 is 5.91 Å². The summed E-state index contributed by atoms with van der Waals surface area (Å²) >= 11 is 0. The molecule has 16 heavy (non-hydrogen) atoms. The molecular weight excluding hydrogens is 206 g/mol. The predicted octanol–water partition coefficient (Wildman–Crippen LogP) is -0.0906. The number of carbonyl (C=O) groups is 1. The predicted molar refractivity (Wildman–Crippen MR) is 60.1 cm³/mol. The van der Waals surface area contributed by atoms with Gasteiger partial charge in [-0.3, -0.25) is 9.80 Å². The monoisotopic (exact) mass is 223 g/mol. The molecule has 5 heteroatoms. The first-order valence-electron chi connectivity index (χ1n) is 5.50. The third-order valence-corrected chi connectivity index (χ3v) is 2.97. The zero-order chi connectivity index (χ0) is 11.5. The molecule has 2 unspecified atom stereocenters. The second kappa shape index (κ2) is 4.67. The molecule has 0 radical (unpaired) electrons. The summed E-state index contributed by atoms with van der Waals surface area (Å²) in [6, 6.07) is -0.0419. The lowest BCUT2D eigenvalue weighted by Crippen LogP contribution is -2.50. The Balaban J connectivity index is 2.11. The Morgan fingerprint density at radius 3 is 3.12 bits per heavy atom. The summed E-state index contributed by atoms with van der Waals surface area (Å²) in [5.74, 6) is 5.78. The van der Waals surface area contributed by atoms with Gasteiger partial charge >= 0.3 is 0 Å². The SMILES string of the molecule is CNC(=O)C1=CC=CC(C2CCCO2)N1N. The zero-order valence-electron chi connectivity index (χ0n) is 9.35. The maximum absolute atomic E-state index is 11.6. The van der Waals surface area contributed by atoms with Crippen molar-refractivity contribution in [2.75, 3.05) is 13.7 Å². The molecule has 0 aliphatic carbocycles. The molecular formula is C11H17N3O2. The van der Waals surface area contributed by atoms with Gasteiger partial charge in [-0.15, -0.1) is 0 Å². The largest absolute Gasteiger partial charge is 0.376 e. The van der Waals surface area contributed by atoms with Gasteiger partial charge in [-0.05, 0) is 18.9 Å². The number of hydrogen-bond donors (Lipinski definition) is 2. The van der Waals surface area contributed by atoms with Crippen LogP contribution in [0.25, 0.3) is 0 Å². The average molecular weight is 223 g/mol. The normalized spacial score (nSPS) is 29.1. The van der Waals surface area contributed by atoms with Gasteiger partial charge < -0.3 is 10.1 Å². The van der Waals surface area contributed by atoms with Crippen molar-refractivity contribution < 1.29 is 9.53 Å². The number of rotatable bonds is 2. The topological polar surface area (TPSA) is 67.6 Å². The van der Waals surface area contributed by atoms with Gasteiger partial charge in [0.15, 0.2) is 0 Å². The molecule has 1 saturated heterocycles. The summed E-state index contributed by atoms with van der Waals surface area (Å²) in [5, 5.41) is 4.07. The van der Waals surface area contributed by atoms with Crippen LogP contribution in [0.3, 0.4) is 0 Å². The highest BCUT2D eigenvalue weighted by Crippen LogP contribution is 2.23. The Morgan fingerprint density at radius 2 is 2.50 bits per heavy atom. The Morgan fingerprint density at radius 1 is 1.69 bits per heavy atom. The second-order valence-corrected chi connectivity index (χ2v) is 3.97. The number of nitrogens with zero attached hydrogens (tertiary/aromatic N) is 1. The summed E-state index contributed by atoms with van der Waals surface area (Å²) in [7, 11) is 1.59. The molecule has 0 saturated carbocycles. The summed E-state index contributed by atoms with van der Waals surface area (Å²) < 4.78 is 5.59. The average Bonchev–Trinajstić information content (AvgIpc) is 2.82. The Kier molecular flexibility index (Phi) is 3.26. The van der Waals surface area contributed by atoms with E-state index in [1.807, 2.05) is 12.2 Å². The molecule has 2 aliphatic heterocycles. The van der Waals surface area contributed by atoms with Crippen LogP contribution in [0.15, 0.2) is 23.9 Å². The standard InChI is InChI=1S/C11H17N3O2/c1-13-11(15)9-5-2-4-8(14(9)12)10-6-3-7-16-10/h2,4-5,8,10H,3,6-7,12H2,1H3,(H,13,15). The van der Waals surface area contributed by atoms with Crippen LogP contribution >= 0.6 is 0 Å². The van der Waals surface area contributed by atoms with Crippen LogP contribution in [-0.4, -0.2) is 36.7 Å². The molecule has 0 aromatic carbocycles. The fourth-order valence-corrected chi connectivity index (χ4v) is 2.10. The van der Waals surface area contributed by atoms with Crippen LogP contribution in [0.4, 0.5) is 0 Å². The van der Waals surface area contributed by atoms with E-state index < -0.39 is 0 Å². The van der Waals surface area contributed by atoms with Gasteiger partial charge in [-0.25, -0.2) is 5.84 Å². The molecule has 1 fully saturated rings. The number of amides is 1. The first kappa shape index (κ1) is 11.2. The van der Waals surface area contributed by atoms with Crippen molar-refractivity contribution in [3.63, 3.8) is 0 Å². The van der Waals surface area contributed by atoms with E-state index in [0.717, 1.165) is 19.4 Å². The van der Waals surface area contributed by atoms with Crippen LogP contribution in [-0.2, 0) is 9.53 Å². The van der Waals surface area contributed by atoms with E-state index in [0.29, 0.717) is 5.70 Å². The van der Waals surface area contributed by atoms with Gasteiger partial charge in [0, 0.05) is 13.7 Å². The number of ether oxygens (including phenoxy) is 1. The number of hydrazine groups is 1. The molecule has 2 heterocycles. The lowest BCUT2D eigenvalue weighted by Gasteiger charge is -2.33. The lowest BCUT2D eigenvalue weighted by atomic mass is 10.0. The number of allylic oxidation sites excluding steroid dienone is 2. The summed E-state index contributed by atoms with van der Waals surface area (Å²) in [5.41, 5.74) is 0.477. The second-order valence-electron chi connectivity index (χ2n) is 3.97. The quantitative estimate of drug-likeness (QED) is 0.642. The first-order chi connectivity index (χ1) is 7.74. The van der Waals surface area contributed by atoms with E-state index >= 15 is 0 Å². The van der Waals surface area contributed by atoms with Crippen LogP contribution in [0, 0.1) is 0 Å².